The summed E-state index contributed by atoms with van der Waals surface area (Å²) in [5.74, 6) is -2.33. The van der Waals surface area contributed by atoms with Gasteiger partial charge < -0.3 is 10.3 Å². The van der Waals surface area contributed by atoms with Crippen LogP contribution in [0.1, 0.15) is 54.4 Å². The number of ketones is 1. The average Bonchev–Trinajstić information content (AvgIpc) is 3.25. The van der Waals surface area contributed by atoms with E-state index < -0.39 is 43.9 Å². The summed E-state index contributed by atoms with van der Waals surface area (Å²) in [6.07, 6.45) is 7.41. The van der Waals surface area contributed by atoms with Crippen LogP contribution >= 0.6 is 0 Å². The summed E-state index contributed by atoms with van der Waals surface area (Å²) in [4.78, 5) is 24.4. The van der Waals surface area contributed by atoms with Gasteiger partial charge in [0.2, 0.25) is 15.8 Å². The number of hydrogen-bond donors (Lipinski definition) is 3. The van der Waals surface area contributed by atoms with E-state index in [2.05, 4.69) is 25.0 Å². The molecule has 0 bridgehead atoms. The van der Waals surface area contributed by atoms with Crippen LogP contribution in [0, 0.1) is 17.6 Å². The van der Waals surface area contributed by atoms with Gasteiger partial charge in [-0.15, -0.1) is 0 Å². The number of carbonyl (C=O) groups excluding carboxylic acids is 1. The molecule has 33 heavy (non-hydrogen) atoms. The Kier molecular flexibility index (Phi) is 5.51. The summed E-state index contributed by atoms with van der Waals surface area (Å²) in [7, 11) is -3.86. The van der Waals surface area contributed by atoms with Gasteiger partial charge in [-0.2, -0.15) is 0 Å². The van der Waals surface area contributed by atoms with Crippen molar-refractivity contribution in [2.24, 2.45) is 5.92 Å². The van der Waals surface area contributed by atoms with Crippen molar-refractivity contribution in [2.45, 2.75) is 43.8 Å². The second kappa shape index (κ2) is 8.36. The molecule has 3 aromatic rings. The number of fused-ring (bicyclic) bond motifs is 1. The molecular weight excluding hydrogens is 452 g/mol. The van der Waals surface area contributed by atoms with Crippen molar-refractivity contribution >= 4 is 38.3 Å². The number of nitrogens with zero attached hydrogens (tertiary/aromatic N) is 2. The molecule has 3 N–H and O–H groups in total. The third kappa shape index (κ3) is 4.17. The van der Waals surface area contributed by atoms with Crippen molar-refractivity contribution in [3.05, 3.63) is 47.4 Å². The summed E-state index contributed by atoms with van der Waals surface area (Å²) in [5, 5.41) is 2.88. The first kappa shape index (κ1) is 21.7. The normalized spacial score (nSPS) is 16.9. The molecule has 0 amide bonds. The lowest BCUT2D eigenvalue weighted by molar-refractivity contribution is 0.103. The molecule has 8 nitrogen and oxygen atoms in total. The van der Waals surface area contributed by atoms with E-state index in [1.165, 1.54) is 12.5 Å². The van der Waals surface area contributed by atoms with Crippen LogP contribution < -0.4 is 10.0 Å². The summed E-state index contributed by atoms with van der Waals surface area (Å²) < 4.78 is 57.4. The molecule has 0 radical (unpaired) electrons. The number of anilines is 2. The number of nitrogens with one attached hydrogen (secondary N) is 3. The fraction of sp³-hybridized carbons (Fsp3) is 0.409. The predicted molar refractivity (Wildman–Crippen MR) is 120 cm³/mol. The first-order valence-corrected chi connectivity index (χ1v) is 12.5. The fourth-order valence-corrected chi connectivity index (χ4v) is 5.83. The molecule has 0 aliphatic heterocycles. The molecule has 5 rings (SSSR count). The lowest BCUT2D eigenvalue weighted by Crippen LogP contribution is -2.26. The van der Waals surface area contributed by atoms with Gasteiger partial charge in [0.25, 0.3) is 0 Å². The number of hydrogen-bond acceptors (Lipinski definition) is 6. The Morgan fingerprint density at radius 3 is 2.61 bits per heavy atom. The van der Waals surface area contributed by atoms with Gasteiger partial charge in [-0.3, -0.25) is 9.52 Å². The van der Waals surface area contributed by atoms with Crippen LogP contribution in [0.4, 0.5) is 20.3 Å². The number of carbonyl (C=O) groups is 1. The molecule has 0 atom stereocenters. The molecule has 0 spiro atoms. The highest BCUT2D eigenvalue weighted by molar-refractivity contribution is 7.93. The monoisotopic (exact) mass is 475 g/mol. The second-order valence-corrected chi connectivity index (χ2v) is 10.6. The number of aromatic amines is 1. The number of benzene rings is 1. The van der Waals surface area contributed by atoms with E-state index in [-0.39, 0.29) is 5.56 Å². The lowest BCUT2D eigenvalue weighted by atomic mass is 10.0. The average molecular weight is 476 g/mol. The van der Waals surface area contributed by atoms with Crippen molar-refractivity contribution < 1.29 is 22.0 Å². The minimum Gasteiger partial charge on any atom is -0.369 e. The molecule has 2 aromatic heterocycles. The highest BCUT2D eigenvalue weighted by Crippen LogP contribution is 2.33. The van der Waals surface area contributed by atoms with Crippen molar-refractivity contribution in [1.82, 2.24) is 15.0 Å². The Balaban J connectivity index is 1.51. The minimum absolute atomic E-state index is 0.00232. The smallest absolute Gasteiger partial charge is 0.235 e. The largest absolute Gasteiger partial charge is 0.369 e. The van der Waals surface area contributed by atoms with Gasteiger partial charge >= 0.3 is 0 Å². The minimum atomic E-state index is -3.86. The fourth-order valence-electron chi connectivity index (χ4n) is 4.25. The van der Waals surface area contributed by atoms with Crippen molar-refractivity contribution in [3.8, 4) is 0 Å². The maximum absolute atomic E-state index is 15.3. The molecule has 2 saturated carbocycles. The third-order valence-corrected chi connectivity index (χ3v) is 8.13. The molecule has 2 aliphatic rings. The molecule has 0 unspecified atom stereocenters. The van der Waals surface area contributed by atoms with Crippen LogP contribution in [-0.4, -0.2) is 40.9 Å². The Hall–Kier alpha value is -3.08. The molecule has 0 saturated heterocycles. The predicted octanol–water partition coefficient (Wildman–Crippen LogP) is 3.97. The number of aromatic nitrogens is 3. The van der Waals surface area contributed by atoms with Crippen LogP contribution in [-0.2, 0) is 10.0 Å². The Labute approximate surface area is 189 Å². The highest BCUT2D eigenvalue weighted by Gasteiger charge is 2.31. The van der Waals surface area contributed by atoms with Crippen LogP contribution in [0.25, 0.3) is 11.0 Å². The van der Waals surface area contributed by atoms with Gasteiger partial charge in [0, 0.05) is 12.7 Å². The molecule has 2 aliphatic carbocycles. The van der Waals surface area contributed by atoms with E-state index in [1.807, 2.05) is 0 Å². The van der Waals surface area contributed by atoms with Crippen LogP contribution in [0.15, 0.2) is 24.7 Å². The van der Waals surface area contributed by atoms with Gasteiger partial charge in [-0.1, -0.05) is 12.8 Å². The molecule has 11 heteroatoms. The van der Waals surface area contributed by atoms with Crippen molar-refractivity contribution in [2.75, 3.05) is 16.6 Å². The van der Waals surface area contributed by atoms with Crippen LogP contribution in [0.3, 0.4) is 0 Å². The van der Waals surface area contributed by atoms with Gasteiger partial charge in [-0.05, 0) is 43.7 Å². The highest BCUT2D eigenvalue weighted by atomic mass is 32.2. The van der Waals surface area contributed by atoms with Crippen molar-refractivity contribution in [3.63, 3.8) is 0 Å². The Morgan fingerprint density at radius 2 is 1.88 bits per heavy atom. The van der Waals surface area contributed by atoms with Crippen molar-refractivity contribution in [1.29, 1.82) is 0 Å². The number of H-pyrrole nitrogens is 1. The van der Waals surface area contributed by atoms with E-state index >= 15 is 4.39 Å². The summed E-state index contributed by atoms with van der Waals surface area (Å²) in [5.41, 5.74) is -0.933. The molecule has 1 aromatic carbocycles. The van der Waals surface area contributed by atoms with E-state index in [0.717, 1.165) is 37.8 Å². The molecule has 174 valence electrons. The topological polar surface area (TPSA) is 117 Å². The zero-order chi connectivity index (χ0) is 23.2. The van der Waals surface area contributed by atoms with Gasteiger partial charge in [0.1, 0.15) is 23.6 Å². The summed E-state index contributed by atoms with van der Waals surface area (Å²) in [6.45, 7) is 0.673. The van der Waals surface area contributed by atoms with Gasteiger partial charge in [0.05, 0.1) is 27.5 Å². The lowest BCUT2D eigenvalue weighted by Gasteiger charge is -2.15. The SMILES string of the molecule is O=C(c1c(F)ccc(NS(=O)(=O)C2CCCC2)c1F)c1c[nH]c2ncnc(NCC3CC3)c12. The zero-order valence-corrected chi connectivity index (χ0v) is 18.5. The first-order valence-electron chi connectivity index (χ1n) is 11.0. The van der Waals surface area contributed by atoms with E-state index in [1.54, 1.807) is 0 Å². The van der Waals surface area contributed by atoms with Gasteiger partial charge in [-0.25, -0.2) is 27.2 Å². The van der Waals surface area contributed by atoms with E-state index in [4.69, 9.17) is 0 Å². The quantitative estimate of drug-likeness (QED) is 0.425. The number of sulfonamides is 1. The second-order valence-electron chi connectivity index (χ2n) is 8.64. The third-order valence-electron chi connectivity index (χ3n) is 6.28. The molecule has 2 heterocycles. The Morgan fingerprint density at radius 1 is 1.12 bits per heavy atom. The van der Waals surface area contributed by atoms with E-state index in [9.17, 15) is 17.6 Å². The maximum atomic E-state index is 15.3. The number of halogens is 2. The summed E-state index contributed by atoms with van der Waals surface area (Å²) in [6, 6.07) is 1.88. The summed E-state index contributed by atoms with van der Waals surface area (Å²) >= 11 is 0. The number of rotatable bonds is 8. The van der Waals surface area contributed by atoms with Crippen LogP contribution in [0.5, 0.6) is 0 Å². The maximum Gasteiger partial charge on any atom is 0.235 e. The van der Waals surface area contributed by atoms with E-state index in [0.29, 0.717) is 42.2 Å². The van der Waals surface area contributed by atoms with Gasteiger partial charge in [0.15, 0.2) is 5.82 Å². The molecular formula is C22H23F2N5O3S. The zero-order valence-electron chi connectivity index (χ0n) is 17.7. The standard InChI is InChI=1S/C22H23F2N5O3S/c23-15-7-8-16(29-33(31,32)13-3-1-2-4-13)19(24)18(15)20(30)14-10-26-22-17(14)21(27-11-28-22)25-9-12-5-6-12/h7-8,10-13,29H,1-6,9H2,(H2,25,26,27,28). The van der Waals surface area contributed by atoms with Crippen LogP contribution in [0.2, 0.25) is 0 Å². The Bertz CT molecular complexity index is 1330. The first-order chi connectivity index (χ1) is 15.8. The molecule has 2 fully saturated rings.